The molecule has 3 atom stereocenters. The van der Waals surface area contributed by atoms with Gasteiger partial charge in [0.25, 0.3) is 0 Å². The number of hydrogen-bond acceptors (Lipinski definition) is 2. The van der Waals surface area contributed by atoms with Crippen molar-refractivity contribution in [2.24, 2.45) is 5.92 Å². The minimum atomic E-state index is -1.20. The topological polar surface area (TPSA) is 40.9 Å². The Morgan fingerprint density at radius 1 is 1.24 bits per heavy atom. The van der Waals surface area contributed by atoms with E-state index < -0.39 is 10.8 Å². The quantitative estimate of drug-likeness (QED) is 0.810. The molecule has 1 aromatic rings. The molecule has 0 saturated heterocycles. The molecule has 4 heteroatoms. The first-order valence-corrected chi connectivity index (χ1v) is 6.99. The van der Waals surface area contributed by atoms with E-state index in [-0.39, 0.29) is 17.0 Å². The zero-order valence-electron chi connectivity index (χ0n) is 9.43. The van der Waals surface area contributed by atoms with Gasteiger partial charge in [0, 0.05) is 4.90 Å². The minimum Gasteiger partial charge on any atom is -0.254 e. The van der Waals surface area contributed by atoms with E-state index in [0.717, 1.165) is 25.7 Å². The normalized spacial score (nSPS) is 26.1. The molecule has 0 bridgehead atoms. The van der Waals surface area contributed by atoms with Gasteiger partial charge in [0.15, 0.2) is 0 Å². The van der Waals surface area contributed by atoms with E-state index in [1.54, 1.807) is 12.1 Å². The van der Waals surface area contributed by atoms with Crippen molar-refractivity contribution in [1.29, 1.82) is 5.26 Å². The lowest BCUT2D eigenvalue weighted by molar-refractivity contribution is 0.431. The molecular formula is C13H14FNOS. The Morgan fingerprint density at radius 3 is 2.53 bits per heavy atom. The predicted octanol–water partition coefficient (Wildman–Crippen LogP) is 3.02. The molecule has 1 aliphatic rings. The fourth-order valence-electron chi connectivity index (χ4n) is 2.24. The van der Waals surface area contributed by atoms with E-state index >= 15 is 0 Å². The maximum atomic E-state index is 12.8. The highest BCUT2D eigenvalue weighted by molar-refractivity contribution is 7.85. The lowest BCUT2D eigenvalue weighted by atomic mass is 9.90. The Hall–Kier alpha value is -1.21. The smallest absolute Gasteiger partial charge is 0.123 e. The predicted molar refractivity (Wildman–Crippen MR) is 64.2 cm³/mol. The van der Waals surface area contributed by atoms with Gasteiger partial charge >= 0.3 is 0 Å². The van der Waals surface area contributed by atoms with E-state index in [9.17, 15) is 8.60 Å². The number of benzene rings is 1. The van der Waals surface area contributed by atoms with Crippen LogP contribution in [0, 0.1) is 23.1 Å². The monoisotopic (exact) mass is 251 g/mol. The molecule has 0 spiro atoms. The van der Waals surface area contributed by atoms with E-state index in [1.807, 2.05) is 0 Å². The third-order valence-corrected chi connectivity index (χ3v) is 5.04. The van der Waals surface area contributed by atoms with Crippen LogP contribution in [0.25, 0.3) is 0 Å². The van der Waals surface area contributed by atoms with Crippen molar-refractivity contribution in [3.63, 3.8) is 0 Å². The van der Waals surface area contributed by atoms with Gasteiger partial charge in [0.1, 0.15) is 5.82 Å². The zero-order valence-corrected chi connectivity index (χ0v) is 10.3. The summed E-state index contributed by atoms with van der Waals surface area (Å²) in [7, 11) is -1.20. The van der Waals surface area contributed by atoms with Gasteiger partial charge in [-0.25, -0.2) is 4.39 Å². The van der Waals surface area contributed by atoms with Crippen LogP contribution in [0.3, 0.4) is 0 Å². The molecule has 1 aromatic carbocycles. The molecule has 0 amide bonds. The maximum Gasteiger partial charge on any atom is 0.123 e. The molecule has 2 rings (SSSR count). The maximum absolute atomic E-state index is 12.8. The largest absolute Gasteiger partial charge is 0.254 e. The van der Waals surface area contributed by atoms with Crippen LogP contribution < -0.4 is 0 Å². The number of hydrogen-bond donors (Lipinski definition) is 0. The van der Waals surface area contributed by atoms with E-state index in [0.29, 0.717) is 4.90 Å². The van der Waals surface area contributed by atoms with Crippen LogP contribution in [0.15, 0.2) is 29.2 Å². The van der Waals surface area contributed by atoms with Gasteiger partial charge in [-0.05, 0) is 37.1 Å². The number of rotatable bonds is 2. The molecule has 0 aromatic heterocycles. The summed E-state index contributed by atoms with van der Waals surface area (Å²) >= 11 is 0. The Balaban J connectivity index is 2.18. The molecule has 90 valence electrons. The Morgan fingerprint density at radius 2 is 1.88 bits per heavy atom. The fraction of sp³-hybridized carbons (Fsp3) is 0.462. The van der Waals surface area contributed by atoms with Gasteiger partial charge in [-0.2, -0.15) is 5.26 Å². The standard InChI is InChI=1S/C13H14FNOS/c14-11-5-7-12(8-6-11)17(16)13-4-2-1-3-10(13)9-15/h5-8,10,13H,1-4H2. The summed E-state index contributed by atoms with van der Waals surface area (Å²) in [5, 5.41) is 8.96. The van der Waals surface area contributed by atoms with Gasteiger partial charge in [-0.1, -0.05) is 12.8 Å². The van der Waals surface area contributed by atoms with Crippen molar-refractivity contribution in [3.8, 4) is 6.07 Å². The molecule has 1 aliphatic carbocycles. The van der Waals surface area contributed by atoms with E-state index in [2.05, 4.69) is 6.07 Å². The highest BCUT2D eigenvalue weighted by atomic mass is 32.2. The third-order valence-electron chi connectivity index (χ3n) is 3.19. The summed E-state index contributed by atoms with van der Waals surface area (Å²) in [6, 6.07) is 7.98. The first-order valence-electron chi connectivity index (χ1n) is 5.78. The summed E-state index contributed by atoms with van der Waals surface area (Å²) < 4.78 is 25.1. The summed E-state index contributed by atoms with van der Waals surface area (Å²) in [5.41, 5.74) is 0. The minimum absolute atomic E-state index is 0.0980. The third kappa shape index (κ3) is 2.73. The highest BCUT2D eigenvalue weighted by Crippen LogP contribution is 2.30. The summed E-state index contributed by atoms with van der Waals surface area (Å²) in [6.07, 6.45) is 3.71. The van der Waals surface area contributed by atoms with Crippen LogP contribution in [-0.4, -0.2) is 9.46 Å². The second kappa shape index (κ2) is 5.42. The molecule has 1 fully saturated rings. The average Bonchev–Trinajstić information content (AvgIpc) is 2.39. The van der Waals surface area contributed by atoms with E-state index in [4.69, 9.17) is 5.26 Å². The van der Waals surface area contributed by atoms with Crippen LogP contribution in [0.5, 0.6) is 0 Å². The molecule has 0 radical (unpaired) electrons. The van der Waals surface area contributed by atoms with Gasteiger partial charge < -0.3 is 0 Å². The molecule has 2 nitrogen and oxygen atoms in total. The molecule has 17 heavy (non-hydrogen) atoms. The molecule has 1 saturated carbocycles. The van der Waals surface area contributed by atoms with Crippen molar-refractivity contribution < 1.29 is 8.60 Å². The van der Waals surface area contributed by atoms with Crippen LogP contribution in [-0.2, 0) is 10.8 Å². The number of nitriles is 1. The fourth-order valence-corrected chi connectivity index (χ4v) is 3.87. The Kier molecular flexibility index (Phi) is 3.90. The molecule has 0 aliphatic heterocycles. The first-order chi connectivity index (χ1) is 8.22. The van der Waals surface area contributed by atoms with Gasteiger partial charge in [0.2, 0.25) is 0 Å². The number of nitrogens with zero attached hydrogens (tertiary/aromatic N) is 1. The molecule has 0 heterocycles. The van der Waals surface area contributed by atoms with Crippen molar-refractivity contribution in [2.75, 3.05) is 0 Å². The van der Waals surface area contributed by atoms with Crippen LogP contribution in [0.1, 0.15) is 25.7 Å². The molecule has 0 N–H and O–H groups in total. The second-order valence-electron chi connectivity index (χ2n) is 4.31. The van der Waals surface area contributed by atoms with Gasteiger partial charge in [-0.3, -0.25) is 4.21 Å². The lowest BCUT2D eigenvalue weighted by Crippen LogP contribution is -2.28. The van der Waals surface area contributed by atoms with Crippen LogP contribution >= 0.6 is 0 Å². The van der Waals surface area contributed by atoms with Crippen molar-refractivity contribution >= 4 is 10.8 Å². The Labute approximate surface area is 103 Å². The Bertz CT molecular complexity index is 451. The van der Waals surface area contributed by atoms with Crippen molar-refractivity contribution in [2.45, 2.75) is 35.8 Å². The van der Waals surface area contributed by atoms with Crippen LogP contribution in [0.2, 0.25) is 0 Å². The molecule has 3 unspecified atom stereocenters. The summed E-state index contributed by atoms with van der Waals surface area (Å²) in [6.45, 7) is 0. The van der Waals surface area contributed by atoms with Gasteiger partial charge in [0.05, 0.1) is 28.0 Å². The SMILES string of the molecule is N#CC1CCCCC1S(=O)c1ccc(F)cc1. The average molecular weight is 251 g/mol. The van der Waals surface area contributed by atoms with Gasteiger partial charge in [-0.15, -0.1) is 0 Å². The van der Waals surface area contributed by atoms with Crippen LogP contribution in [0.4, 0.5) is 4.39 Å². The van der Waals surface area contributed by atoms with Crippen molar-refractivity contribution in [1.82, 2.24) is 0 Å². The number of halogens is 1. The zero-order chi connectivity index (χ0) is 12.3. The summed E-state index contributed by atoms with van der Waals surface area (Å²) in [4.78, 5) is 0.624. The van der Waals surface area contributed by atoms with Crippen molar-refractivity contribution in [3.05, 3.63) is 30.1 Å². The molecular weight excluding hydrogens is 237 g/mol. The second-order valence-corrected chi connectivity index (χ2v) is 5.98. The van der Waals surface area contributed by atoms with E-state index in [1.165, 1.54) is 12.1 Å². The summed E-state index contributed by atoms with van der Waals surface area (Å²) in [5.74, 6) is -0.458. The highest BCUT2D eigenvalue weighted by Gasteiger charge is 2.30. The lowest BCUT2D eigenvalue weighted by Gasteiger charge is -2.25. The first kappa shape index (κ1) is 12.3.